The highest BCUT2D eigenvalue weighted by Crippen LogP contribution is 2.28. The zero-order valence-electron chi connectivity index (χ0n) is 14.7. The van der Waals surface area contributed by atoms with Crippen LogP contribution < -0.4 is 5.32 Å². The van der Waals surface area contributed by atoms with E-state index in [-0.39, 0.29) is 11.7 Å². The maximum atomic E-state index is 14.3. The molecule has 3 aromatic heterocycles. The van der Waals surface area contributed by atoms with Crippen molar-refractivity contribution in [1.29, 1.82) is 0 Å². The van der Waals surface area contributed by atoms with E-state index in [9.17, 15) is 9.18 Å². The largest absolute Gasteiger partial charge is 0.356 e. The second-order valence-corrected chi connectivity index (χ2v) is 6.84. The topological polar surface area (TPSA) is 86.8 Å². The number of rotatable bonds is 4. The fourth-order valence-corrected chi connectivity index (χ4v) is 3.47. The Morgan fingerprint density at radius 2 is 2.26 bits per heavy atom. The minimum Gasteiger partial charge on any atom is -0.356 e. The first-order valence-corrected chi connectivity index (χ1v) is 9.15. The molecule has 0 aromatic carbocycles. The Labute approximate surface area is 160 Å². The van der Waals surface area contributed by atoms with Crippen molar-refractivity contribution in [2.24, 2.45) is 0 Å². The van der Waals surface area contributed by atoms with Crippen molar-refractivity contribution in [3.63, 3.8) is 0 Å². The number of fused-ring (bicyclic) bond motifs is 1. The summed E-state index contributed by atoms with van der Waals surface area (Å²) in [7, 11) is 0. The number of likely N-dealkylation sites (tertiary alicyclic amines) is 1. The minimum atomic E-state index is -0.601. The Hall–Kier alpha value is -2.74. The van der Waals surface area contributed by atoms with Crippen LogP contribution in [0.5, 0.6) is 0 Å². The van der Waals surface area contributed by atoms with Crippen LogP contribution in [-0.4, -0.2) is 49.9 Å². The monoisotopic (exact) mass is 388 g/mol. The maximum absolute atomic E-state index is 14.3. The lowest BCUT2D eigenvalue weighted by Crippen LogP contribution is -2.47. The molecule has 7 nitrogen and oxygen atoms in total. The molecule has 1 aliphatic heterocycles. The SMILES string of the molecule is CCN1CCCC(Nc2nc(-c3c[nH]c4ncc(Cl)cc34)ncc2F)C1=O. The molecule has 0 spiro atoms. The molecule has 4 rings (SSSR count). The zero-order chi connectivity index (χ0) is 19.0. The summed E-state index contributed by atoms with van der Waals surface area (Å²) in [6.45, 7) is 3.30. The summed E-state index contributed by atoms with van der Waals surface area (Å²) < 4.78 is 14.3. The summed E-state index contributed by atoms with van der Waals surface area (Å²) in [6, 6.07) is 1.26. The van der Waals surface area contributed by atoms with Crippen molar-refractivity contribution in [1.82, 2.24) is 24.8 Å². The smallest absolute Gasteiger partial charge is 0.245 e. The molecule has 0 saturated carbocycles. The van der Waals surface area contributed by atoms with Crippen LogP contribution in [0, 0.1) is 5.82 Å². The maximum Gasteiger partial charge on any atom is 0.245 e. The Morgan fingerprint density at radius 3 is 3.07 bits per heavy atom. The molecule has 3 aromatic rings. The van der Waals surface area contributed by atoms with E-state index in [0.29, 0.717) is 35.0 Å². The van der Waals surface area contributed by atoms with E-state index in [2.05, 4.69) is 25.3 Å². The van der Waals surface area contributed by atoms with Gasteiger partial charge in [0.25, 0.3) is 0 Å². The van der Waals surface area contributed by atoms with Gasteiger partial charge in [0.2, 0.25) is 5.91 Å². The van der Waals surface area contributed by atoms with Crippen LogP contribution in [0.4, 0.5) is 10.2 Å². The van der Waals surface area contributed by atoms with Crippen LogP contribution in [0.1, 0.15) is 19.8 Å². The molecule has 1 amide bonds. The first-order valence-electron chi connectivity index (χ1n) is 8.77. The predicted octanol–water partition coefficient (Wildman–Crippen LogP) is 3.24. The van der Waals surface area contributed by atoms with Crippen LogP contribution >= 0.6 is 11.6 Å². The number of carbonyl (C=O) groups is 1. The Bertz CT molecular complexity index is 1010. The highest BCUT2D eigenvalue weighted by molar-refractivity contribution is 6.31. The lowest BCUT2D eigenvalue weighted by Gasteiger charge is -2.32. The van der Waals surface area contributed by atoms with Crippen molar-refractivity contribution in [3.8, 4) is 11.4 Å². The molecule has 9 heteroatoms. The molecule has 27 heavy (non-hydrogen) atoms. The Balaban J connectivity index is 1.67. The fourth-order valence-electron chi connectivity index (χ4n) is 3.31. The minimum absolute atomic E-state index is 0.0145. The zero-order valence-corrected chi connectivity index (χ0v) is 15.4. The molecule has 1 aliphatic rings. The van der Waals surface area contributed by atoms with Gasteiger partial charge in [-0.15, -0.1) is 0 Å². The molecule has 1 fully saturated rings. The average molecular weight is 389 g/mol. The predicted molar refractivity (Wildman–Crippen MR) is 101 cm³/mol. The van der Waals surface area contributed by atoms with Crippen LogP contribution in [0.2, 0.25) is 5.02 Å². The van der Waals surface area contributed by atoms with E-state index in [0.717, 1.165) is 24.5 Å². The van der Waals surface area contributed by atoms with Crippen LogP contribution in [-0.2, 0) is 4.79 Å². The number of anilines is 1. The van der Waals surface area contributed by atoms with Gasteiger partial charge in [0.15, 0.2) is 17.5 Å². The quantitative estimate of drug-likeness (QED) is 0.716. The van der Waals surface area contributed by atoms with Crippen LogP contribution in [0.3, 0.4) is 0 Å². The number of hydrogen-bond acceptors (Lipinski definition) is 5. The van der Waals surface area contributed by atoms with Gasteiger partial charge in [-0.1, -0.05) is 11.6 Å². The molecule has 0 aliphatic carbocycles. The molecule has 4 heterocycles. The summed E-state index contributed by atoms with van der Waals surface area (Å²) in [5.74, 6) is -0.298. The molecule has 1 unspecified atom stereocenters. The van der Waals surface area contributed by atoms with E-state index in [4.69, 9.17) is 11.6 Å². The van der Waals surface area contributed by atoms with Gasteiger partial charge < -0.3 is 15.2 Å². The number of hydrogen-bond donors (Lipinski definition) is 2. The third-order valence-electron chi connectivity index (χ3n) is 4.71. The first-order chi connectivity index (χ1) is 13.1. The molecule has 1 saturated heterocycles. The number of nitrogens with one attached hydrogen (secondary N) is 2. The number of aromatic nitrogens is 4. The molecule has 2 N–H and O–H groups in total. The highest BCUT2D eigenvalue weighted by atomic mass is 35.5. The summed E-state index contributed by atoms with van der Waals surface area (Å²) in [5.41, 5.74) is 1.30. The van der Waals surface area contributed by atoms with E-state index in [1.54, 1.807) is 17.2 Å². The van der Waals surface area contributed by atoms with Gasteiger partial charge in [-0.25, -0.2) is 19.3 Å². The van der Waals surface area contributed by atoms with E-state index in [1.165, 1.54) is 6.20 Å². The lowest BCUT2D eigenvalue weighted by atomic mass is 10.0. The first kappa shape index (κ1) is 17.7. The fraction of sp³-hybridized carbons (Fsp3) is 0.333. The molecular formula is C18H18ClFN6O. The molecular weight excluding hydrogens is 371 g/mol. The lowest BCUT2D eigenvalue weighted by molar-refractivity contribution is -0.134. The van der Waals surface area contributed by atoms with Gasteiger partial charge in [0.05, 0.1) is 11.2 Å². The van der Waals surface area contributed by atoms with E-state index in [1.807, 2.05) is 6.92 Å². The number of nitrogens with zero attached hydrogens (tertiary/aromatic N) is 4. The second-order valence-electron chi connectivity index (χ2n) is 6.40. The summed E-state index contributed by atoms with van der Waals surface area (Å²) in [4.78, 5) is 29.9. The number of amides is 1. The number of carbonyl (C=O) groups excluding carboxylic acids is 1. The number of halogens is 2. The molecule has 0 radical (unpaired) electrons. The Morgan fingerprint density at radius 1 is 1.41 bits per heavy atom. The van der Waals surface area contributed by atoms with E-state index >= 15 is 0 Å². The van der Waals surface area contributed by atoms with Gasteiger partial charge in [-0.3, -0.25) is 4.79 Å². The van der Waals surface area contributed by atoms with Crippen LogP contribution in [0.25, 0.3) is 22.4 Å². The van der Waals surface area contributed by atoms with Gasteiger partial charge in [0, 0.05) is 36.4 Å². The van der Waals surface area contributed by atoms with Gasteiger partial charge in [0.1, 0.15) is 11.7 Å². The third kappa shape index (κ3) is 3.32. The highest BCUT2D eigenvalue weighted by Gasteiger charge is 2.28. The molecule has 0 bridgehead atoms. The number of piperidine rings is 1. The summed E-state index contributed by atoms with van der Waals surface area (Å²) in [6.07, 6.45) is 5.85. The number of pyridine rings is 1. The van der Waals surface area contributed by atoms with Crippen molar-refractivity contribution < 1.29 is 9.18 Å². The standard InChI is InChI=1S/C18H18ClFN6O/c1-2-26-5-3-4-14(18(26)27)24-17-13(20)9-23-16(25-17)12-8-22-15-11(12)6-10(19)7-21-15/h6-9,14H,2-5H2,1H3,(H,21,22)(H,23,24,25). The van der Waals surface area contributed by atoms with Crippen LogP contribution in [0.15, 0.2) is 24.7 Å². The normalized spacial score (nSPS) is 17.5. The van der Waals surface area contributed by atoms with Crippen molar-refractivity contribution >= 4 is 34.4 Å². The summed E-state index contributed by atoms with van der Waals surface area (Å²) >= 11 is 6.03. The number of H-pyrrole nitrogens is 1. The van der Waals surface area contributed by atoms with Crippen molar-refractivity contribution in [2.75, 3.05) is 18.4 Å². The Kier molecular flexibility index (Phi) is 4.65. The number of likely N-dealkylation sites (N-methyl/N-ethyl adjacent to an activating group) is 1. The van der Waals surface area contributed by atoms with Gasteiger partial charge in [-0.2, -0.15) is 0 Å². The van der Waals surface area contributed by atoms with E-state index < -0.39 is 11.9 Å². The molecule has 140 valence electrons. The van der Waals surface area contributed by atoms with Gasteiger partial charge >= 0.3 is 0 Å². The summed E-state index contributed by atoms with van der Waals surface area (Å²) in [5, 5.41) is 4.18. The third-order valence-corrected chi connectivity index (χ3v) is 4.91. The average Bonchev–Trinajstić information content (AvgIpc) is 3.08. The second kappa shape index (κ2) is 7.11. The van der Waals surface area contributed by atoms with Crippen molar-refractivity contribution in [2.45, 2.75) is 25.8 Å². The van der Waals surface area contributed by atoms with Gasteiger partial charge in [-0.05, 0) is 25.8 Å². The number of aromatic amines is 1. The van der Waals surface area contributed by atoms with Crippen molar-refractivity contribution in [3.05, 3.63) is 35.5 Å². The molecule has 1 atom stereocenters.